The number of rotatable bonds is 4. The maximum atomic E-state index is 4.70. The van der Waals surface area contributed by atoms with E-state index in [2.05, 4.69) is 48.9 Å². The van der Waals surface area contributed by atoms with E-state index in [1.807, 2.05) is 24.6 Å². The van der Waals surface area contributed by atoms with Crippen LogP contribution in [0.2, 0.25) is 0 Å². The first-order valence-electron chi connectivity index (χ1n) is 10.8. The van der Waals surface area contributed by atoms with Crippen LogP contribution < -0.4 is 9.80 Å². The fraction of sp³-hybridized carbons (Fsp3) is 0.500. The van der Waals surface area contributed by atoms with Gasteiger partial charge in [0.1, 0.15) is 23.8 Å². The molecule has 2 aliphatic rings. The van der Waals surface area contributed by atoms with E-state index in [1.165, 1.54) is 25.0 Å². The van der Waals surface area contributed by atoms with Gasteiger partial charge in [-0.1, -0.05) is 6.42 Å². The molecule has 0 spiro atoms. The molecule has 4 heterocycles. The van der Waals surface area contributed by atoms with E-state index < -0.39 is 0 Å². The Morgan fingerprint density at radius 3 is 2.13 bits per heavy atom. The first-order valence-corrected chi connectivity index (χ1v) is 10.8. The number of piperazine rings is 1. The summed E-state index contributed by atoms with van der Waals surface area (Å²) in [6.07, 6.45) is 5.56. The van der Waals surface area contributed by atoms with Gasteiger partial charge in [0.25, 0.3) is 0 Å². The lowest BCUT2D eigenvalue weighted by Gasteiger charge is -2.36. The second-order valence-electron chi connectivity index (χ2n) is 8.37. The molecule has 156 valence electrons. The number of hydrogen-bond acceptors (Lipinski definition) is 7. The summed E-state index contributed by atoms with van der Waals surface area (Å²) >= 11 is 0. The van der Waals surface area contributed by atoms with E-state index in [9.17, 15) is 0 Å². The van der Waals surface area contributed by atoms with E-state index in [1.54, 1.807) is 6.33 Å². The van der Waals surface area contributed by atoms with Gasteiger partial charge < -0.3 is 9.80 Å². The third-order valence-corrected chi connectivity index (χ3v) is 6.16. The van der Waals surface area contributed by atoms with Gasteiger partial charge in [-0.25, -0.2) is 24.6 Å². The molecule has 1 saturated carbocycles. The van der Waals surface area contributed by atoms with Crippen molar-refractivity contribution in [2.75, 3.05) is 36.0 Å². The van der Waals surface area contributed by atoms with Gasteiger partial charge >= 0.3 is 0 Å². The van der Waals surface area contributed by atoms with Crippen molar-refractivity contribution in [2.45, 2.75) is 46.0 Å². The van der Waals surface area contributed by atoms with Crippen molar-refractivity contribution < 1.29 is 0 Å². The van der Waals surface area contributed by atoms with Crippen LogP contribution in [0.3, 0.4) is 0 Å². The van der Waals surface area contributed by atoms with Crippen LogP contribution in [0.1, 0.15) is 48.1 Å². The molecular formula is C22H28N8. The standard InChI is InChI=1S/C22H28N8/c1-15-11-16(2)30(27-15)22-13-21(25-17(3)26-22)29-9-7-28(8-10-29)20-12-19(23-14-24-20)18-5-4-6-18/h11-14,18H,4-10H2,1-3H3. The normalized spacial score (nSPS) is 17.3. The Kier molecular flexibility index (Phi) is 4.84. The van der Waals surface area contributed by atoms with Crippen LogP contribution in [0.15, 0.2) is 24.5 Å². The van der Waals surface area contributed by atoms with E-state index in [-0.39, 0.29) is 0 Å². The van der Waals surface area contributed by atoms with Crippen molar-refractivity contribution in [3.8, 4) is 5.82 Å². The molecule has 2 fully saturated rings. The fourth-order valence-electron chi connectivity index (χ4n) is 4.29. The second-order valence-corrected chi connectivity index (χ2v) is 8.37. The molecule has 0 radical (unpaired) electrons. The Bertz CT molecular complexity index is 1050. The van der Waals surface area contributed by atoms with Crippen LogP contribution in [0.4, 0.5) is 11.6 Å². The summed E-state index contributed by atoms with van der Waals surface area (Å²) in [5.41, 5.74) is 3.27. The minimum Gasteiger partial charge on any atom is -0.353 e. The summed E-state index contributed by atoms with van der Waals surface area (Å²) in [5.74, 6) is 4.23. The first-order chi connectivity index (χ1) is 14.6. The number of nitrogens with zero attached hydrogens (tertiary/aromatic N) is 8. The summed E-state index contributed by atoms with van der Waals surface area (Å²) in [7, 11) is 0. The first kappa shape index (κ1) is 19.0. The molecule has 3 aromatic heterocycles. The van der Waals surface area contributed by atoms with Crippen LogP contribution in [0.25, 0.3) is 5.82 Å². The quantitative estimate of drug-likeness (QED) is 0.662. The molecule has 5 rings (SSSR count). The van der Waals surface area contributed by atoms with Crippen molar-refractivity contribution >= 4 is 11.6 Å². The molecule has 0 N–H and O–H groups in total. The third kappa shape index (κ3) is 3.62. The highest BCUT2D eigenvalue weighted by Gasteiger charge is 2.24. The van der Waals surface area contributed by atoms with Gasteiger partial charge in [0.2, 0.25) is 0 Å². The van der Waals surface area contributed by atoms with Crippen LogP contribution in [0.5, 0.6) is 0 Å². The molecule has 0 aromatic carbocycles. The Labute approximate surface area is 177 Å². The number of aryl methyl sites for hydroxylation is 3. The lowest BCUT2D eigenvalue weighted by Crippen LogP contribution is -2.47. The fourth-order valence-corrected chi connectivity index (χ4v) is 4.29. The molecule has 0 amide bonds. The molecule has 0 unspecified atom stereocenters. The zero-order valence-corrected chi connectivity index (χ0v) is 17.9. The maximum absolute atomic E-state index is 4.70. The number of anilines is 2. The van der Waals surface area contributed by atoms with Crippen molar-refractivity contribution in [1.82, 2.24) is 29.7 Å². The Morgan fingerprint density at radius 2 is 1.50 bits per heavy atom. The highest BCUT2D eigenvalue weighted by Crippen LogP contribution is 2.36. The maximum Gasteiger partial charge on any atom is 0.159 e. The van der Waals surface area contributed by atoms with Crippen LogP contribution >= 0.6 is 0 Å². The van der Waals surface area contributed by atoms with Crippen LogP contribution in [-0.2, 0) is 0 Å². The molecule has 1 aliphatic carbocycles. The van der Waals surface area contributed by atoms with E-state index in [4.69, 9.17) is 4.98 Å². The smallest absolute Gasteiger partial charge is 0.159 e. The lowest BCUT2D eigenvalue weighted by molar-refractivity contribution is 0.410. The summed E-state index contributed by atoms with van der Waals surface area (Å²) in [4.78, 5) is 23.0. The van der Waals surface area contributed by atoms with Gasteiger partial charge in [0.15, 0.2) is 5.82 Å². The van der Waals surface area contributed by atoms with Crippen molar-refractivity contribution in [2.24, 2.45) is 0 Å². The largest absolute Gasteiger partial charge is 0.353 e. The SMILES string of the molecule is Cc1cc(C)n(-c2cc(N3CCN(c4cc(C5CCC5)ncn4)CC3)nc(C)n2)n1. The highest BCUT2D eigenvalue weighted by molar-refractivity contribution is 5.48. The molecule has 0 atom stereocenters. The second kappa shape index (κ2) is 7.66. The zero-order chi connectivity index (χ0) is 20.7. The molecule has 8 heteroatoms. The number of hydrogen-bond donors (Lipinski definition) is 0. The monoisotopic (exact) mass is 404 g/mol. The summed E-state index contributed by atoms with van der Waals surface area (Å²) in [6, 6.07) is 6.30. The van der Waals surface area contributed by atoms with E-state index >= 15 is 0 Å². The van der Waals surface area contributed by atoms with E-state index in [0.29, 0.717) is 5.92 Å². The Balaban J connectivity index is 1.31. The molecule has 8 nitrogen and oxygen atoms in total. The van der Waals surface area contributed by atoms with Crippen LogP contribution in [-0.4, -0.2) is 55.9 Å². The van der Waals surface area contributed by atoms with Gasteiger partial charge in [-0.15, -0.1) is 0 Å². The minimum absolute atomic E-state index is 0.629. The predicted octanol–water partition coefficient (Wildman–Crippen LogP) is 2.97. The molecule has 3 aromatic rings. The predicted molar refractivity (Wildman–Crippen MR) is 116 cm³/mol. The summed E-state index contributed by atoms with van der Waals surface area (Å²) in [5, 5.41) is 4.58. The lowest BCUT2D eigenvalue weighted by atomic mass is 9.83. The summed E-state index contributed by atoms with van der Waals surface area (Å²) in [6.45, 7) is 9.62. The Morgan fingerprint density at radius 1 is 0.800 bits per heavy atom. The topological polar surface area (TPSA) is 75.9 Å². The summed E-state index contributed by atoms with van der Waals surface area (Å²) < 4.78 is 1.90. The van der Waals surface area contributed by atoms with Gasteiger partial charge in [-0.2, -0.15) is 5.10 Å². The molecule has 30 heavy (non-hydrogen) atoms. The Hall–Kier alpha value is -3.03. The van der Waals surface area contributed by atoms with Gasteiger partial charge in [-0.3, -0.25) is 0 Å². The highest BCUT2D eigenvalue weighted by atomic mass is 15.3. The molecule has 0 bridgehead atoms. The van der Waals surface area contributed by atoms with Crippen molar-refractivity contribution in [3.05, 3.63) is 47.4 Å². The van der Waals surface area contributed by atoms with Gasteiger partial charge in [0.05, 0.1) is 5.69 Å². The molecular weight excluding hydrogens is 376 g/mol. The van der Waals surface area contributed by atoms with Gasteiger partial charge in [-0.05, 0) is 39.7 Å². The van der Waals surface area contributed by atoms with Crippen molar-refractivity contribution in [3.63, 3.8) is 0 Å². The van der Waals surface area contributed by atoms with E-state index in [0.717, 1.165) is 60.8 Å². The van der Waals surface area contributed by atoms with Gasteiger partial charge in [0, 0.05) is 55.6 Å². The molecule has 1 saturated heterocycles. The average molecular weight is 405 g/mol. The minimum atomic E-state index is 0.629. The van der Waals surface area contributed by atoms with Crippen molar-refractivity contribution in [1.29, 1.82) is 0 Å². The van der Waals surface area contributed by atoms with Crippen LogP contribution in [0, 0.1) is 20.8 Å². The zero-order valence-electron chi connectivity index (χ0n) is 17.9. The third-order valence-electron chi connectivity index (χ3n) is 6.16. The number of aromatic nitrogens is 6. The molecule has 1 aliphatic heterocycles. The average Bonchev–Trinajstić information content (AvgIpc) is 3.05.